The Kier molecular flexibility index (Phi) is 4.30. The van der Waals surface area contributed by atoms with Crippen LogP contribution < -0.4 is 11.1 Å². The molecular formula is C15H17FN4. The van der Waals surface area contributed by atoms with Crippen molar-refractivity contribution >= 4 is 11.6 Å². The molecule has 4 nitrogen and oxygen atoms in total. The molecule has 1 aromatic carbocycles. The lowest BCUT2D eigenvalue weighted by molar-refractivity contribution is 0.600. The second-order valence-electron chi connectivity index (χ2n) is 4.56. The van der Waals surface area contributed by atoms with Crippen LogP contribution in [0.15, 0.2) is 41.5 Å². The van der Waals surface area contributed by atoms with E-state index < -0.39 is 0 Å². The third-order valence-electron chi connectivity index (χ3n) is 3.01. The first-order valence-electron chi connectivity index (χ1n) is 6.30. The van der Waals surface area contributed by atoms with Gasteiger partial charge in [-0.2, -0.15) is 0 Å². The third kappa shape index (κ3) is 3.54. The van der Waals surface area contributed by atoms with Crippen LogP contribution in [-0.2, 0) is 6.54 Å². The largest absolute Gasteiger partial charge is 0.370 e. The molecule has 1 aromatic heterocycles. The minimum absolute atomic E-state index is 0.107. The number of guanidine groups is 1. The molecular weight excluding hydrogens is 255 g/mol. The number of nitrogens with zero attached hydrogens (tertiary/aromatic N) is 2. The second kappa shape index (κ2) is 6.14. The summed E-state index contributed by atoms with van der Waals surface area (Å²) in [6.45, 7) is 4.17. The summed E-state index contributed by atoms with van der Waals surface area (Å²) < 4.78 is 13.4. The van der Waals surface area contributed by atoms with Gasteiger partial charge in [0.2, 0.25) is 0 Å². The number of pyridine rings is 1. The fraction of sp³-hybridized carbons (Fsp3) is 0.200. The number of aryl methyl sites for hydroxylation is 2. The Hall–Kier alpha value is -2.43. The Bertz CT molecular complexity index is 638. The lowest BCUT2D eigenvalue weighted by Gasteiger charge is -2.08. The summed E-state index contributed by atoms with van der Waals surface area (Å²) >= 11 is 0. The third-order valence-corrected chi connectivity index (χ3v) is 3.01. The fourth-order valence-corrected chi connectivity index (χ4v) is 1.70. The molecule has 0 radical (unpaired) electrons. The second-order valence-corrected chi connectivity index (χ2v) is 4.56. The van der Waals surface area contributed by atoms with Crippen molar-refractivity contribution in [3.63, 3.8) is 0 Å². The molecule has 0 saturated heterocycles. The molecule has 0 amide bonds. The molecule has 0 aliphatic carbocycles. The zero-order chi connectivity index (χ0) is 14.5. The Morgan fingerprint density at radius 1 is 1.30 bits per heavy atom. The first-order chi connectivity index (χ1) is 9.56. The van der Waals surface area contributed by atoms with Crippen LogP contribution in [0.2, 0.25) is 0 Å². The van der Waals surface area contributed by atoms with E-state index in [9.17, 15) is 4.39 Å². The number of aliphatic imine (C=N–C) groups is 1. The maximum atomic E-state index is 13.4. The van der Waals surface area contributed by atoms with Gasteiger partial charge in [-0.05, 0) is 49.2 Å². The summed E-state index contributed by atoms with van der Waals surface area (Å²) in [5.74, 6) is -0.145. The Morgan fingerprint density at radius 2 is 2.10 bits per heavy atom. The zero-order valence-electron chi connectivity index (χ0n) is 11.5. The van der Waals surface area contributed by atoms with Crippen molar-refractivity contribution in [1.82, 2.24) is 4.98 Å². The van der Waals surface area contributed by atoms with Gasteiger partial charge in [-0.15, -0.1) is 0 Å². The molecule has 0 spiro atoms. The van der Waals surface area contributed by atoms with E-state index in [2.05, 4.69) is 15.3 Å². The molecule has 0 saturated carbocycles. The van der Waals surface area contributed by atoms with E-state index in [1.54, 1.807) is 6.07 Å². The van der Waals surface area contributed by atoms with Gasteiger partial charge in [0.05, 0.1) is 12.2 Å². The van der Waals surface area contributed by atoms with Crippen molar-refractivity contribution in [2.45, 2.75) is 20.4 Å². The van der Waals surface area contributed by atoms with E-state index >= 15 is 0 Å². The molecule has 2 rings (SSSR count). The van der Waals surface area contributed by atoms with E-state index in [0.717, 1.165) is 5.69 Å². The quantitative estimate of drug-likeness (QED) is 0.667. The van der Waals surface area contributed by atoms with Crippen LogP contribution in [0, 0.1) is 19.7 Å². The van der Waals surface area contributed by atoms with E-state index in [1.165, 1.54) is 23.4 Å². The van der Waals surface area contributed by atoms with Gasteiger partial charge < -0.3 is 11.1 Å². The molecule has 20 heavy (non-hydrogen) atoms. The van der Waals surface area contributed by atoms with Gasteiger partial charge in [0.1, 0.15) is 5.82 Å². The summed E-state index contributed by atoms with van der Waals surface area (Å²) in [5, 5.41) is 2.98. The highest BCUT2D eigenvalue weighted by atomic mass is 19.1. The van der Waals surface area contributed by atoms with Gasteiger partial charge in [0.25, 0.3) is 0 Å². The number of anilines is 1. The minimum Gasteiger partial charge on any atom is -0.370 e. The SMILES string of the molecule is Cc1ccc(NC(N)=NCc2ncccc2F)cc1C. The molecule has 0 aliphatic rings. The molecule has 1 heterocycles. The highest BCUT2D eigenvalue weighted by molar-refractivity contribution is 5.92. The molecule has 0 fully saturated rings. The molecule has 104 valence electrons. The van der Waals surface area contributed by atoms with Crippen molar-refractivity contribution in [3.8, 4) is 0 Å². The molecule has 0 atom stereocenters. The monoisotopic (exact) mass is 272 g/mol. The smallest absolute Gasteiger partial charge is 0.193 e. The van der Waals surface area contributed by atoms with Crippen molar-refractivity contribution in [1.29, 1.82) is 0 Å². The van der Waals surface area contributed by atoms with Gasteiger partial charge in [-0.1, -0.05) is 6.07 Å². The van der Waals surface area contributed by atoms with Crippen molar-refractivity contribution in [2.75, 3.05) is 5.32 Å². The number of benzene rings is 1. The number of hydrogen-bond donors (Lipinski definition) is 2. The molecule has 0 bridgehead atoms. The number of aromatic nitrogens is 1. The molecule has 3 N–H and O–H groups in total. The van der Waals surface area contributed by atoms with Crippen LogP contribution in [0.3, 0.4) is 0 Å². The van der Waals surface area contributed by atoms with E-state index in [4.69, 9.17) is 5.73 Å². The predicted molar refractivity (Wildman–Crippen MR) is 79.1 cm³/mol. The summed E-state index contributed by atoms with van der Waals surface area (Å²) in [4.78, 5) is 8.00. The summed E-state index contributed by atoms with van der Waals surface area (Å²) in [6, 6.07) is 8.80. The van der Waals surface area contributed by atoms with Crippen molar-refractivity contribution in [3.05, 3.63) is 59.2 Å². The van der Waals surface area contributed by atoms with Crippen molar-refractivity contribution in [2.24, 2.45) is 10.7 Å². The minimum atomic E-state index is -0.379. The van der Waals surface area contributed by atoms with Crippen LogP contribution in [-0.4, -0.2) is 10.9 Å². The predicted octanol–water partition coefficient (Wildman–Crippen LogP) is 2.76. The van der Waals surface area contributed by atoms with Gasteiger partial charge in [0.15, 0.2) is 5.96 Å². The average Bonchev–Trinajstić information content (AvgIpc) is 2.42. The van der Waals surface area contributed by atoms with Crippen LogP contribution in [0.4, 0.5) is 10.1 Å². The van der Waals surface area contributed by atoms with Gasteiger partial charge >= 0.3 is 0 Å². The van der Waals surface area contributed by atoms with Crippen molar-refractivity contribution < 1.29 is 4.39 Å². The van der Waals surface area contributed by atoms with Crippen LogP contribution >= 0.6 is 0 Å². The molecule has 0 aliphatic heterocycles. The lowest BCUT2D eigenvalue weighted by atomic mass is 10.1. The Morgan fingerprint density at radius 3 is 2.80 bits per heavy atom. The Labute approximate surface area is 117 Å². The van der Waals surface area contributed by atoms with Gasteiger partial charge in [-0.3, -0.25) is 4.98 Å². The normalized spacial score (nSPS) is 11.4. The van der Waals surface area contributed by atoms with Gasteiger partial charge in [0, 0.05) is 11.9 Å². The van der Waals surface area contributed by atoms with Crippen LogP contribution in [0.25, 0.3) is 0 Å². The topological polar surface area (TPSA) is 63.3 Å². The zero-order valence-corrected chi connectivity index (χ0v) is 11.5. The summed E-state index contributed by atoms with van der Waals surface area (Å²) in [6.07, 6.45) is 1.53. The van der Waals surface area contributed by atoms with E-state index in [0.29, 0.717) is 0 Å². The molecule has 5 heteroatoms. The average molecular weight is 272 g/mol. The maximum absolute atomic E-state index is 13.4. The number of rotatable bonds is 3. The van der Waals surface area contributed by atoms with Crippen LogP contribution in [0.1, 0.15) is 16.8 Å². The van der Waals surface area contributed by atoms with Gasteiger partial charge in [-0.25, -0.2) is 9.38 Å². The number of hydrogen-bond acceptors (Lipinski definition) is 2. The number of nitrogens with two attached hydrogens (primary N) is 1. The highest BCUT2D eigenvalue weighted by Crippen LogP contribution is 2.13. The standard InChI is InChI=1S/C15H17FN4/c1-10-5-6-12(8-11(10)2)20-15(17)19-9-14-13(16)4-3-7-18-14/h3-8H,9H2,1-2H3,(H3,17,19,20). The first-order valence-corrected chi connectivity index (χ1v) is 6.30. The van der Waals surface area contributed by atoms with E-state index in [-0.39, 0.29) is 24.0 Å². The summed E-state index contributed by atoms with van der Waals surface area (Å²) in [7, 11) is 0. The maximum Gasteiger partial charge on any atom is 0.193 e. The van der Waals surface area contributed by atoms with Crippen LogP contribution in [0.5, 0.6) is 0 Å². The highest BCUT2D eigenvalue weighted by Gasteiger charge is 2.02. The lowest BCUT2D eigenvalue weighted by Crippen LogP contribution is -2.22. The Balaban J connectivity index is 2.04. The fourth-order valence-electron chi connectivity index (χ4n) is 1.70. The first kappa shape index (κ1) is 14.0. The number of nitrogens with one attached hydrogen (secondary N) is 1. The molecule has 2 aromatic rings. The molecule has 0 unspecified atom stereocenters. The van der Waals surface area contributed by atoms with E-state index in [1.807, 2.05) is 32.0 Å². The number of halogens is 1. The summed E-state index contributed by atoms with van der Waals surface area (Å²) in [5.41, 5.74) is 9.29.